The molecule has 0 aromatic carbocycles. The second kappa shape index (κ2) is 25.1. The minimum absolute atomic E-state index is 0. The fourth-order valence-corrected chi connectivity index (χ4v) is 3.03. The van der Waals surface area contributed by atoms with Crippen LogP contribution in [0, 0.1) is 7.43 Å². The van der Waals surface area contributed by atoms with E-state index in [4.69, 9.17) is 4.74 Å². The molecule has 0 radical (unpaired) electrons. The monoisotopic (exact) mass is 378 g/mol. The Morgan fingerprint density at radius 2 is 1.23 bits per heavy atom. The Kier molecular flexibility index (Phi) is 29.8. The fourth-order valence-electron chi connectivity index (χ4n) is 3.03. The maximum absolute atomic E-state index is 11.8. The van der Waals surface area contributed by atoms with Gasteiger partial charge in [0.1, 0.15) is 0 Å². The van der Waals surface area contributed by atoms with Crippen LogP contribution in [-0.2, 0) is 4.74 Å². The van der Waals surface area contributed by atoms with Crippen molar-refractivity contribution >= 4 is 23.1 Å². The summed E-state index contributed by atoms with van der Waals surface area (Å²) in [6, 6.07) is 0. The van der Waals surface area contributed by atoms with Gasteiger partial charge in [-0.1, -0.05) is 104 Å². The van der Waals surface area contributed by atoms with Crippen LogP contribution >= 0.6 is 0 Å². The van der Waals surface area contributed by atoms with E-state index in [1.54, 1.807) is 6.08 Å². The molecular weight excluding hydrogens is 333 g/mol. The Morgan fingerprint density at radius 3 is 1.73 bits per heavy atom. The Labute approximate surface area is 181 Å². The zero-order valence-corrected chi connectivity index (χ0v) is 19.9. The molecule has 0 aromatic rings. The van der Waals surface area contributed by atoms with Gasteiger partial charge in [-0.3, -0.25) is 0 Å². The summed E-state index contributed by atoms with van der Waals surface area (Å²) in [5.41, 5.74) is 0. The topological polar surface area (TPSA) is 32.3 Å². The third kappa shape index (κ3) is 22.1. The Morgan fingerprint density at radius 1 is 0.769 bits per heavy atom. The van der Waals surface area contributed by atoms with E-state index >= 15 is 0 Å². The molecule has 0 aliphatic heterocycles. The van der Waals surface area contributed by atoms with E-state index in [1.165, 1.54) is 77.0 Å². The molecule has 0 unspecified atom stereocenters. The van der Waals surface area contributed by atoms with E-state index in [0.29, 0.717) is 0 Å². The van der Waals surface area contributed by atoms with Gasteiger partial charge in [0.05, 0.1) is 0 Å². The Bertz CT molecular complexity index is 279. The van der Waals surface area contributed by atoms with E-state index in [2.05, 4.69) is 20.8 Å². The van der Waals surface area contributed by atoms with Crippen molar-refractivity contribution < 1.29 is 9.84 Å². The van der Waals surface area contributed by atoms with Crippen LogP contribution in [0.1, 0.15) is 124 Å². The number of rotatable bonds is 18. The van der Waals surface area contributed by atoms with Crippen LogP contribution < -0.4 is 5.11 Å². The molecule has 0 heterocycles. The maximum atomic E-state index is 11.8. The predicted octanol–water partition coefficient (Wildman–Crippen LogP) is 6.94. The Hall–Kier alpha value is 0.106. The van der Waals surface area contributed by atoms with Crippen molar-refractivity contribution in [2.24, 2.45) is 0 Å². The van der Waals surface area contributed by atoms with Crippen molar-refractivity contribution in [3.8, 4) is 0 Å². The van der Waals surface area contributed by atoms with Gasteiger partial charge in [-0.25, -0.2) is 0 Å². The second-order valence-corrected chi connectivity index (χ2v) is 7.14. The third-order valence-corrected chi connectivity index (χ3v) is 4.74. The van der Waals surface area contributed by atoms with E-state index in [-0.39, 0.29) is 42.5 Å². The molecule has 0 rings (SSSR count). The summed E-state index contributed by atoms with van der Waals surface area (Å²) >= 11 is 0. The maximum Gasteiger partial charge on any atom is 2.00 e. The third-order valence-electron chi connectivity index (χ3n) is 4.74. The van der Waals surface area contributed by atoms with Gasteiger partial charge >= 0.3 is 23.1 Å². The minimum atomic E-state index is -0.103. The van der Waals surface area contributed by atoms with Crippen LogP contribution in [0.4, 0.5) is 0 Å². The first-order valence-corrected chi connectivity index (χ1v) is 10.8. The van der Waals surface area contributed by atoms with Gasteiger partial charge in [0.15, 0.2) is 0 Å². The summed E-state index contributed by atoms with van der Waals surface area (Å²) in [6.07, 6.45) is 21.6. The average molecular weight is 379 g/mol. The SMILES string of the molecule is CCCCCCC=C([O-])O[C@@H](CC)CCCCCCCCCCC.[CH3-].[Mg+2]. The minimum Gasteiger partial charge on any atom is -0.610 e. The van der Waals surface area contributed by atoms with Gasteiger partial charge in [0, 0.05) is 12.0 Å². The van der Waals surface area contributed by atoms with Crippen LogP contribution in [0.3, 0.4) is 0 Å². The summed E-state index contributed by atoms with van der Waals surface area (Å²) in [6.45, 7) is 6.59. The quantitative estimate of drug-likeness (QED) is 0.112. The fraction of sp³-hybridized carbons (Fsp3) is 0.870. The molecule has 3 heteroatoms. The molecule has 0 N–H and O–H groups in total. The van der Waals surface area contributed by atoms with Crippen molar-refractivity contribution in [2.75, 3.05) is 0 Å². The number of hydrogen-bond donors (Lipinski definition) is 0. The molecule has 152 valence electrons. The Balaban J connectivity index is -0.00000264. The van der Waals surface area contributed by atoms with Crippen molar-refractivity contribution in [1.82, 2.24) is 0 Å². The van der Waals surface area contributed by atoms with Crippen molar-refractivity contribution in [2.45, 2.75) is 130 Å². The molecule has 26 heavy (non-hydrogen) atoms. The summed E-state index contributed by atoms with van der Waals surface area (Å²) in [7, 11) is 0. The molecule has 1 atom stereocenters. The number of allylic oxidation sites excluding steroid dienone is 1. The molecule has 0 aliphatic carbocycles. The predicted molar refractivity (Wildman–Crippen MR) is 116 cm³/mol. The molecule has 0 amide bonds. The molecule has 0 saturated heterocycles. The van der Waals surface area contributed by atoms with Crippen molar-refractivity contribution in [3.63, 3.8) is 0 Å². The van der Waals surface area contributed by atoms with Gasteiger partial charge in [-0.05, 0) is 25.7 Å². The largest absolute Gasteiger partial charge is 2.00 e. The zero-order valence-electron chi connectivity index (χ0n) is 18.5. The van der Waals surface area contributed by atoms with Crippen molar-refractivity contribution in [1.29, 1.82) is 0 Å². The van der Waals surface area contributed by atoms with E-state index in [1.807, 2.05) is 0 Å². The summed E-state index contributed by atoms with van der Waals surface area (Å²) in [4.78, 5) is 0. The summed E-state index contributed by atoms with van der Waals surface area (Å²) < 4.78 is 5.58. The van der Waals surface area contributed by atoms with E-state index in [9.17, 15) is 5.11 Å². The first kappa shape index (κ1) is 30.8. The zero-order chi connectivity index (χ0) is 17.9. The number of unbranched alkanes of at least 4 members (excludes halogenated alkanes) is 12. The van der Waals surface area contributed by atoms with Gasteiger partial charge in [-0.15, -0.1) is 0 Å². The first-order valence-electron chi connectivity index (χ1n) is 10.8. The van der Waals surface area contributed by atoms with Crippen LogP contribution in [0.25, 0.3) is 0 Å². The smallest absolute Gasteiger partial charge is 0.610 e. The van der Waals surface area contributed by atoms with Gasteiger partial charge in [0.2, 0.25) is 0 Å². The molecule has 0 spiro atoms. The standard InChI is InChI=1S/C22H44O2.CH3.Mg/c1-4-7-9-11-12-13-14-16-17-19-21(6-3)24-22(23)20-18-15-10-8-5-2;;/h20-21,23H,4-19H2,1-3H3;1H3;/q;-1;+2/p-1/t21-;;/m0../s1. The molecule has 0 aliphatic rings. The molecule has 2 nitrogen and oxygen atoms in total. The normalized spacial score (nSPS) is 12.2. The molecule has 0 bridgehead atoms. The summed E-state index contributed by atoms with van der Waals surface area (Å²) in [5, 5.41) is 11.8. The van der Waals surface area contributed by atoms with Crippen LogP contribution in [-0.4, -0.2) is 29.2 Å². The number of hydrogen-bond acceptors (Lipinski definition) is 2. The van der Waals surface area contributed by atoms with E-state index < -0.39 is 0 Å². The van der Waals surface area contributed by atoms with Crippen LogP contribution in [0.2, 0.25) is 0 Å². The van der Waals surface area contributed by atoms with Gasteiger partial charge in [-0.2, -0.15) is 0 Å². The second-order valence-electron chi connectivity index (χ2n) is 7.14. The van der Waals surface area contributed by atoms with Crippen molar-refractivity contribution in [3.05, 3.63) is 19.4 Å². The summed E-state index contributed by atoms with van der Waals surface area (Å²) in [5.74, 6) is -0.103. The van der Waals surface area contributed by atoms with Crippen LogP contribution in [0.15, 0.2) is 12.0 Å². The average Bonchev–Trinajstić information content (AvgIpc) is 2.59. The molecule has 0 fully saturated rings. The van der Waals surface area contributed by atoms with Gasteiger partial charge in [0.25, 0.3) is 0 Å². The van der Waals surface area contributed by atoms with E-state index in [0.717, 1.165) is 25.7 Å². The first-order chi connectivity index (χ1) is 11.7. The molecule has 0 aromatic heterocycles. The number of ether oxygens (including phenoxy) is 1. The van der Waals surface area contributed by atoms with Gasteiger partial charge < -0.3 is 17.3 Å². The van der Waals surface area contributed by atoms with Crippen LogP contribution in [0.5, 0.6) is 0 Å². The molecular formula is C23H46MgO2. The molecule has 0 saturated carbocycles.